The summed E-state index contributed by atoms with van der Waals surface area (Å²) in [6.45, 7) is 8.08. The number of rotatable bonds is 5. The van der Waals surface area contributed by atoms with E-state index < -0.39 is 17.2 Å². The minimum absolute atomic E-state index is 0.0383. The summed E-state index contributed by atoms with van der Waals surface area (Å²) >= 11 is 0. The molecule has 0 aromatic carbocycles. The zero-order chi connectivity index (χ0) is 19.7. The van der Waals surface area contributed by atoms with Crippen LogP contribution in [-0.4, -0.2) is 29.7 Å². The molecule has 0 radical (unpaired) electrons. The molecule has 1 aromatic heterocycles. The normalized spacial score (nSPS) is 30.4. The van der Waals surface area contributed by atoms with Crippen LogP contribution >= 0.6 is 0 Å². The predicted molar refractivity (Wildman–Crippen MR) is 102 cm³/mol. The first-order chi connectivity index (χ1) is 12.7. The fraction of sp³-hybridized carbons (Fsp3) is 0.714. The van der Waals surface area contributed by atoms with E-state index in [0.29, 0.717) is 12.5 Å². The molecule has 6 heteroatoms. The van der Waals surface area contributed by atoms with E-state index in [0.717, 1.165) is 37.9 Å². The first kappa shape index (κ1) is 19.8. The number of nitrogens with one attached hydrogen (secondary N) is 2. The Kier molecular flexibility index (Phi) is 5.54. The van der Waals surface area contributed by atoms with Gasteiger partial charge in [-0.3, -0.25) is 4.79 Å². The summed E-state index contributed by atoms with van der Waals surface area (Å²) in [6, 6.07) is 3.79. The summed E-state index contributed by atoms with van der Waals surface area (Å²) in [5, 5.41) is 6.19. The van der Waals surface area contributed by atoms with Gasteiger partial charge in [0.05, 0.1) is 11.8 Å². The molecule has 0 saturated heterocycles. The Hall–Kier alpha value is -1.98. The van der Waals surface area contributed by atoms with Gasteiger partial charge < -0.3 is 19.8 Å². The highest BCUT2D eigenvalue weighted by Gasteiger charge is 2.49. The van der Waals surface area contributed by atoms with Crippen LogP contribution in [0.1, 0.15) is 71.5 Å². The Labute approximate surface area is 161 Å². The lowest BCUT2D eigenvalue weighted by molar-refractivity contribution is -0.125. The zero-order valence-corrected chi connectivity index (χ0v) is 16.8. The minimum Gasteiger partial charge on any atom is -0.469 e. The number of hydrogen-bond donors (Lipinski definition) is 2. The molecule has 4 unspecified atom stereocenters. The molecule has 2 amide bonds. The molecule has 0 bridgehead atoms. The summed E-state index contributed by atoms with van der Waals surface area (Å²) in [6.07, 6.45) is 6.16. The van der Waals surface area contributed by atoms with Crippen molar-refractivity contribution in [1.29, 1.82) is 0 Å². The molecule has 27 heavy (non-hydrogen) atoms. The van der Waals surface area contributed by atoms with Crippen molar-refractivity contribution in [3.63, 3.8) is 0 Å². The Bertz CT molecular complexity index is 664. The van der Waals surface area contributed by atoms with Crippen molar-refractivity contribution in [2.75, 3.05) is 6.54 Å². The quantitative estimate of drug-likeness (QED) is 0.815. The van der Waals surface area contributed by atoms with Crippen molar-refractivity contribution in [2.45, 2.75) is 76.9 Å². The van der Waals surface area contributed by atoms with Crippen LogP contribution in [-0.2, 0) is 9.53 Å². The SMILES string of the molecule is CC1CCCCC1(CNC(=O)OC(C)(C)C)NC(=O)C1CC1c1ccco1. The van der Waals surface area contributed by atoms with Gasteiger partial charge in [0.1, 0.15) is 11.4 Å². The van der Waals surface area contributed by atoms with Gasteiger partial charge in [-0.25, -0.2) is 4.79 Å². The summed E-state index contributed by atoms with van der Waals surface area (Å²) in [4.78, 5) is 25.0. The van der Waals surface area contributed by atoms with E-state index in [1.807, 2.05) is 32.9 Å². The molecule has 1 aromatic rings. The zero-order valence-electron chi connectivity index (χ0n) is 16.8. The predicted octanol–water partition coefficient (Wildman–Crippen LogP) is 3.97. The topological polar surface area (TPSA) is 80.6 Å². The van der Waals surface area contributed by atoms with Crippen LogP contribution in [0.4, 0.5) is 4.79 Å². The molecule has 0 spiro atoms. The van der Waals surface area contributed by atoms with E-state index in [1.54, 1.807) is 6.26 Å². The number of hydrogen-bond acceptors (Lipinski definition) is 4. The van der Waals surface area contributed by atoms with Crippen molar-refractivity contribution in [3.05, 3.63) is 24.2 Å². The van der Waals surface area contributed by atoms with Crippen LogP contribution < -0.4 is 10.6 Å². The molecular weight excluding hydrogens is 344 g/mol. The van der Waals surface area contributed by atoms with Gasteiger partial charge in [-0.2, -0.15) is 0 Å². The van der Waals surface area contributed by atoms with Crippen LogP contribution in [0.2, 0.25) is 0 Å². The average Bonchev–Trinajstić information content (AvgIpc) is 3.20. The van der Waals surface area contributed by atoms with Crippen LogP contribution in [0.25, 0.3) is 0 Å². The second kappa shape index (κ2) is 7.56. The fourth-order valence-electron chi connectivity index (χ4n) is 4.09. The molecule has 0 aliphatic heterocycles. The lowest BCUT2D eigenvalue weighted by Crippen LogP contribution is -2.61. The molecule has 2 saturated carbocycles. The summed E-state index contributed by atoms with van der Waals surface area (Å²) in [5.74, 6) is 1.38. The molecule has 6 nitrogen and oxygen atoms in total. The molecule has 2 aliphatic carbocycles. The van der Waals surface area contributed by atoms with Gasteiger partial charge in [0.25, 0.3) is 0 Å². The van der Waals surface area contributed by atoms with Gasteiger partial charge in [0, 0.05) is 18.4 Å². The molecule has 3 rings (SSSR count). The number of ether oxygens (including phenoxy) is 1. The van der Waals surface area contributed by atoms with Crippen LogP contribution in [0.5, 0.6) is 0 Å². The van der Waals surface area contributed by atoms with Crippen LogP contribution in [0, 0.1) is 11.8 Å². The van der Waals surface area contributed by atoms with E-state index in [-0.39, 0.29) is 17.7 Å². The molecule has 150 valence electrons. The number of alkyl carbamates (subject to hydrolysis) is 1. The van der Waals surface area contributed by atoms with Crippen molar-refractivity contribution < 1.29 is 18.7 Å². The van der Waals surface area contributed by atoms with E-state index in [1.165, 1.54) is 0 Å². The van der Waals surface area contributed by atoms with E-state index in [9.17, 15) is 9.59 Å². The standard InChI is InChI=1S/C21H32N2O4/c1-14-8-5-6-10-21(14,13-22-19(25)27-20(2,3)4)23-18(24)16-12-15(16)17-9-7-11-26-17/h7,9,11,14-16H,5-6,8,10,12-13H2,1-4H3,(H,22,25)(H,23,24). The number of amides is 2. The van der Waals surface area contributed by atoms with Crippen molar-refractivity contribution in [3.8, 4) is 0 Å². The van der Waals surface area contributed by atoms with Gasteiger partial charge in [0.2, 0.25) is 5.91 Å². The third-order valence-corrected chi connectivity index (χ3v) is 5.81. The van der Waals surface area contributed by atoms with Crippen LogP contribution in [0.15, 0.2) is 22.8 Å². The monoisotopic (exact) mass is 376 g/mol. The third-order valence-electron chi connectivity index (χ3n) is 5.81. The highest BCUT2D eigenvalue weighted by Crippen LogP contribution is 2.48. The Balaban J connectivity index is 1.63. The Morgan fingerprint density at radius 3 is 2.74 bits per heavy atom. The Morgan fingerprint density at radius 2 is 2.11 bits per heavy atom. The highest BCUT2D eigenvalue weighted by molar-refractivity contribution is 5.83. The van der Waals surface area contributed by atoms with Gasteiger partial charge in [-0.15, -0.1) is 0 Å². The summed E-state index contributed by atoms with van der Waals surface area (Å²) < 4.78 is 10.8. The van der Waals surface area contributed by atoms with Crippen molar-refractivity contribution in [1.82, 2.24) is 10.6 Å². The summed E-state index contributed by atoms with van der Waals surface area (Å²) in [5.41, 5.74) is -0.953. The number of carbonyl (C=O) groups is 2. The molecule has 4 atom stereocenters. The molecule has 1 heterocycles. The van der Waals surface area contributed by atoms with E-state index >= 15 is 0 Å². The summed E-state index contributed by atoms with van der Waals surface area (Å²) in [7, 11) is 0. The number of furan rings is 1. The second-order valence-electron chi connectivity index (χ2n) is 9.11. The van der Waals surface area contributed by atoms with E-state index in [2.05, 4.69) is 17.6 Å². The van der Waals surface area contributed by atoms with Crippen molar-refractivity contribution >= 4 is 12.0 Å². The largest absolute Gasteiger partial charge is 0.469 e. The smallest absolute Gasteiger partial charge is 0.407 e. The maximum absolute atomic E-state index is 12.9. The van der Waals surface area contributed by atoms with Crippen LogP contribution in [0.3, 0.4) is 0 Å². The second-order valence-corrected chi connectivity index (χ2v) is 9.11. The van der Waals surface area contributed by atoms with Gasteiger partial charge in [-0.05, 0) is 58.1 Å². The number of carbonyl (C=O) groups excluding carboxylic acids is 2. The minimum atomic E-state index is -0.539. The molecule has 2 N–H and O–H groups in total. The van der Waals surface area contributed by atoms with Crippen molar-refractivity contribution in [2.24, 2.45) is 11.8 Å². The van der Waals surface area contributed by atoms with Gasteiger partial charge >= 0.3 is 6.09 Å². The fourth-order valence-corrected chi connectivity index (χ4v) is 4.09. The Morgan fingerprint density at radius 1 is 1.33 bits per heavy atom. The van der Waals surface area contributed by atoms with E-state index in [4.69, 9.17) is 9.15 Å². The van der Waals surface area contributed by atoms with Gasteiger partial charge in [-0.1, -0.05) is 19.8 Å². The molecule has 2 fully saturated rings. The average molecular weight is 376 g/mol. The maximum atomic E-state index is 12.9. The highest BCUT2D eigenvalue weighted by atomic mass is 16.6. The lowest BCUT2D eigenvalue weighted by Gasteiger charge is -2.43. The molecule has 2 aliphatic rings. The third kappa shape index (κ3) is 4.85. The lowest BCUT2D eigenvalue weighted by atomic mass is 9.73. The molecular formula is C21H32N2O4. The maximum Gasteiger partial charge on any atom is 0.407 e. The first-order valence-corrected chi connectivity index (χ1v) is 10.0. The van der Waals surface area contributed by atoms with Gasteiger partial charge in [0.15, 0.2) is 0 Å². The first-order valence-electron chi connectivity index (χ1n) is 10.0.